The first-order valence-electron chi connectivity index (χ1n) is 9.44. The molecule has 7 heteroatoms. The molecule has 1 aliphatic rings. The monoisotopic (exact) mass is 398 g/mol. The third-order valence-electron chi connectivity index (χ3n) is 4.86. The third-order valence-corrected chi connectivity index (χ3v) is 6.05. The summed E-state index contributed by atoms with van der Waals surface area (Å²) in [6.07, 6.45) is 3.32. The van der Waals surface area contributed by atoms with E-state index in [1.165, 1.54) is 22.9 Å². The number of carbonyl (C=O) groups is 2. The first kappa shape index (κ1) is 20.4. The molecule has 1 aromatic carbocycles. The maximum absolute atomic E-state index is 12.9. The fourth-order valence-electron chi connectivity index (χ4n) is 3.38. The Kier molecular flexibility index (Phi) is 6.70. The average molecular weight is 399 g/mol. The van der Waals surface area contributed by atoms with Crippen LogP contribution in [0.15, 0.2) is 46.5 Å². The Morgan fingerprint density at radius 2 is 2.00 bits per heavy atom. The highest BCUT2D eigenvalue weighted by atomic mass is 32.2. The van der Waals surface area contributed by atoms with Gasteiger partial charge in [-0.1, -0.05) is 29.5 Å². The number of hydrogen-bond donors (Lipinski definition) is 2. The molecule has 2 heterocycles. The van der Waals surface area contributed by atoms with Gasteiger partial charge in [0.2, 0.25) is 5.91 Å². The Bertz CT molecular complexity index is 863. The van der Waals surface area contributed by atoms with Crippen molar-refractivity contribution < 1.29 is 9.59 Å². The van der Waals surface area contributed by atoms with Crippen molar-refractivity contribution in [2.24, 2.45) is 5.73 Å². The predicted molar refractivity (Wildman–Crippen MR) is 110 cm³/mol. The molecule has 28 heavy (non-hydrogen) atoms. The summed E-state index contributed by atoms with van der Waals surface area (Å²) < 4.78 is 0. The zero-order chi connectivity index (χ0) is 20.1. The summed E-state index contributed by atoms with van der Waals surface area (Å²) in [5, 5.41) is 3.83. The summed E-state index contributed by atoms with van der Waals surface area (Å²) in [6.45, 7) is 5.92. The molecule has 3 rings (SSSR count). The van der Waals surface area contributed by atoms with Crippen LogP contribution in [0.25, 0.3) is 0 Å². The molecule has 0 saturated carbocycles. The van der Waals surface area contributed by atoms with E-state index in [0.29, 0.717) is 10.6 Å². The van der Waals surface area contributed by atoms with E-state index in [-0.39, 0.29) is 24.4 Å². The lowest BCUT2D eigenvalue weighted by molar-refractivity contribution is -0.119. The topological polar surface area (TPSA) is 88.3 Å². The van der Waals surface area contributed by atoms with Crippen molar-refractivity contribution >= 4 is 23.6 Å². The van der Waals surface area contributed by atoms with Gasteiger partial charge in [0, 0.05) is 30.2 Å². The van der Waals surface area contributed by atoms with Gasteiger partial charge in [0.15, 0.2) is 0 Å². The molecule has 3 N–H and O–H groups in total. The molecule has 6 nitrogen and oxygen atoms in total. The minimum Gasteiger partial charge on any atom is -0.369 e. The number of carbonyl (C=O) groups excluding carboxylic acids is 2. The third kappa shape index (κ3) is 5.33. The van der Waals surface area contributed by atoms with Crippen molar-refractivity contribution in [3.05, 3.63) is 53.2 Å². The van der Waals surface area contributed by atoms with Gasteiger partial charge in [-0.15, -0.1) is 0 Å². The van der Waals surface area contributed by atoms with Crippen molar-refractivity contribution in [3.8, 4) is 0 Å². The second-order valence-electron chi connectivity index (χ2n) is 7.22. The summed E-state index contributed by atoms with van der Waals surface area (Å²) in [5.41, 5.74) is 8.23. The highest BCUT2D eigenvalue weighted by Gasteiger charge is 2.23. The number of piperidine rings is 1. The van der Waals surface area contributed by atoms with Crippen LogP contribution < -0.4 is 11.1 Å². The van der Waals surface area contributed by atoms with E-state index >= 15 is 0 Å². The fraction of sp³-hybridized carbons (Fsp3) is 0.381. The van der Waals surface area contributed by atoms with Gasteiger partial charge in [-0.3, -0.25) is 14.5 Å². The molecule has 1 aliphatic heterocycles. The van der Waals surface area contributed by atoms with Crippen LogP contribution in [0.5, 0.6) is 0 Å². The van der Waals surface area contributed by atoms with Crippen LogP contribution in [0, 0.1) is 13.8 Å². The summed E-state index contributed by atoms with van der Waals surface area (Å²) in [6, 6.07) is 9.96. The van der Waals surface area contributed by atoms with Gasteiger partial charge >= 0.3 is 0 Å². The standard InChI is InChI=1S/C21H26N4O2S/c1-14-5-6-18(15(2)12-14)28-21-17(4-3-9-23-21)20(27)24-16-7-10-25(11-8-16)13-19(22)26/h3-6,9,12,16H,7-8,10-11,13H2,1-2H3,(H2,22,26)(H,24,27). The average Bonchev–Trinajstić information content (AvgIpc) is 2.65. The van der Waals surface area contributed by atoms with Crippen molar-refractivity contribution in [1.82, 2.24) is 15.2 Å². The minimum absolute atomic E-state index is 0.0933. The molecule has 0 bridgehead atoms. The minimum atomic E-state index is -0.314. The highest BCUT2D eigenvalue weighted by molar-refractivity contribution is 7.99. The number of pyridine rings is 1. The van der Waals surface area contributed by atoms with Gasteiger partial charge in [0.25, 0.3) is 5.91 Å². The molecule has 1 saturated heterocycles. The Morgan fingerprint density at radius 3 is 2.68 bits per heavy atom. The molecule has 1 aromatic heterocycles. The zero-order valence-corrected chi connectivity index (χ0v) is 17.1. The van der Waals surface area contributed by atoms with Crippen molar-refractivity contribution in [2.75, 3.05) is 19.6 Å². The van der Waals surface area contributed by atoms with Crippen LogP contribution in [-0.2, 0) is 4.79 Å². The van der Waals surface area contributed by atoms with E-state index in [1.807, 2.05) is 11.0 Å². The molecule has 2 aromatic rings. The van der Waals surface area contributed by atoms with Gasteiger partial charge < -0.3 is 11.1 Å². The van der Waals surface area contributed by atoms with Crippen molar-refractivity contribution in [3.63, 3.8) is 0 Å². The summed E-state index contributed by atoms with van der Waals surface area (Å²) in [5.74, 6) is -0.417. The van der Waals surface area contributed by atoms with Crippen LogP contribution in [0.1, 0.15) is 34.3 Å². The Hall–Kier alpha value is -2.38. The van der Waals surface area contributed by atoms with Gasteiger partial charge in [-0.2, -0.15) is 0 Å². The molecule has 0 atom stereocenters. The molecule has 2 amide bonds. The lowest BCUT2D eigenvalue weighted by Crippen LogP contribution is -2.46. The van der Waals surface area contributed by atoms with E-state index in [1.54, 1.807) is 12.3 Å². The Balaban J connectivity index is 1.65. The maximum atomic E-state index is 12.9. The maximum Gasteiger partial charge on any atom is 0.254 e. The number of nitrogens with one attached hydrogen (secondary N) is 1. The van der Waals surface area contributed by atoms with E-state index in [4.69, 9.17) is 5.73 Å². The number of hydrogen-bond acceptors (Lipinski definition) is 5. The van der Waals surface area contributed by atoms with E-state index in [2.05, 4.69) is 42.3 Å². The lowest BCUT2D eigenvalue weighted by atomic mass is 10.0. The summed E-state index contributed by atoms with van der Waals surface area (Å²) >= 11 is 1.52. The van der Waals surface area contributed by atoms with Gasteiger partial charge in [0.1, 0.15) is 5.03 Å². The quantitative estimate of drug-likeness (QED) is 0.781. The SMILES string of the molecule is Cc1ccc(Sc2ncccc2C(=O)NC2CCN(CC(N)=O)CC2)c(C)c1. The predicted octanol–water partition coefficient (Wildman–Crippen LogP) is 2.53. The molecule has 148 valence electrons. The number of benzene rings is 1. The Labute approximate surface area is 169 Å². The number of amides is 2. The highest BCUT2D eigenvalue weighted by Crippen LogP contribution is 2.31. The van der Waals surface area contributed by atoms with Gasteiger partial charge in [0.05, 0.1) is 12.1 Å². The van der Waals surface area contributed by atoms with E-state index in [0.717, 1.165) is 30.8 Å². The van der Waals surface area contributed by atoms with E-state index < -0.39 is 0 Å². The summed E-state index contributed by atoms with van der Waals surface area (Å²) in [7, 11) is 0. The first-order valence-corrected chi connectivity index (χ1v) is 10.3. The second kappa shape index (κ2) is 9.21. The second-order valence-corrected chi connectivity index (χ2v) is 8.25. The van der Waals surface area contributed by atoms with Crippen molar-refractivity contribution in [1.29, 1.82) is 0 Å². The molecule has 0 spiro atoms. The normalized spacial score (nSPS) is 15.4. The van der Waals surface area contributed by atoms with Crippen LogP contribution >= 0.6 is 11.8 Å². The Morgan fingerprint density at radius 1 is 1.25 bits per heavy atom. The molecule has 0 aliphatic carbocycles. The smallest absolute Gasteiger partial charge is 0.254 e. The van der Waals surface area contributed by atoms with E-state index in [9.17, 15) is 9.59 Å². The fourth-order valence-corrected chi connectivity index (χ4v) is 4.33. The number of nitrogens with two attached hydrogens (primary N) is 1. The number of aryl methyl sites for hydroxylation is 2. The lowest BCUT2D eigenvalue weighted by Gasteiger charge is -2.31. The van der Waals surface area contributed by atoms with Crippen molar-refractivity contribution in [2.45, 2.75) is 42.7 Å². The molecule has 1 fully saturated rings. The van der Waals surface area contributed by atoms with Gasteiger partial charge in [-0.05, 0) is 50.5 Å². The zero-order valence-electron chi connectivity index (χ0n) is 16.3. The largest absolute Gasteiger partial charge is 0.369 e. The molecule has 0 radical (unpaired) electrons. The number of aromatic nitrogens is 1. The molecule has 0 unspecified atom stereocenters. The summed E-state index contributed by atoms with van der Waals surface area (Å²) in [4.78, 5) is 31.5. The van der Waals surface area contributed by atoms with Crippen LogP contribution in [0.3, 0.4) is 0 Å². The number of nitrogens with zero attached hydrogens (tertiary/aromatic N) is 2. The van der Waals surface area contributed by atoms with Gasteiger partial charge in [-0.25, -0.2) is 4.98 Å². The number of likely N-dealkylation sites (tertiary alicyclic amines) is 1. The molecular weight excluding hydrogens is 372 g/mol. The number of rotatable bonds is 6. The van der Waals surface area contributed by atoms with Crippen LogP contribution in [0.4, 0.5) is 0 Å². The van der Waals surface area contributed by atoms with Crippen LogP contribution in [-0.4, -0.2) is 47.4 Å². The van der Waals surface area contributed by atoms with Crippen LogP contribution in [0.2, 0.25) is 0 Å². The first-order chi connectivity index (χ1) is 13.4. The molecular formula is C21H26N4O2S. The number of primary amides is 1.